The first-order valence-electron chi connectivity index (χ1n) is 11.9. The maximum Gasteiger partial charge on any atom is 0.262 e. The Kier molecular flexibility index (Phi) is 8.77. The highest BCUT2D eigenvalue weighted by Gasteiger charge is 2.44. The molecule has 0 bridgehead atoms. The summed E-state index contributed by atoms with van der Waals surface area (Å²) in [5, 5.41) is 5.35. The first-order chi connectivity index (χ1) is 17.5. The molecule has 2 heterocycles. The van der Waals surface area contributed by atoms with Crippen molar-refractivity contribution in [2.75, 3.05) is 44.9 Å². The lowest BCUT2D eigenvalue weighted by atomic mass is 10.0. The molecular weight excluding hydrogens is 466 g/mol. The van der Waals surface area contributed by atoms with Crippen molar-refractivity contribution >= 4 is 29.3 Å². The molecule has 2 aromatic rings. The number of carbonyl (C=O) groups is 4. The van der Waals surface area contributed by atoms with E-state index >= 15 is 0 Å². The molecule has 10 nitrogen and oxygen atoms in total. The Bertz CT molecular complexity index is 1110. The van der Waals surface area contributed by atoms with Crippen LogP contribution in [-0.2, 0) is 30.4 Å². The second-order valence-electron chi connectivity index (χ2n) is 8.40. The number of rotatable bonds is 13. The third kappa shape index (κ3) is 6.34. The molecule has 1 saturated heterocycles. The maximum absolute atomic E-state index is 12.9. The molecule has 0 saturated carbocycles. The van der Waals surface area contributed by atoms with Gasteiger partial charge in [-0.15, -0.1) is 0 Å². The Morgan fingerprint density at radius 2 is 1.53 bits per heavy atom. The molecule has 0 aromatic heterocycles. The second-order valence-corrected chi connectivity index (χ2v) is 8.40. The Balaban J connectivity index is 1.12. The minimum Gasteiger partial charge on any atom is -0.383 e. The summed E-state index contributed by atoms with van der Waals surface area (Å²) in [6, 6.07) is 13.8. The van der Waals surface area contributed by atoms with Crippen LogP contribution in [0.3, 0.4) is 0 Å². The maximum atomic E-state index is 12.9. The van der Waals surface area contributed by atoms with Crippen LogP contribution in [0.15, 0.2) is 48.5 Å². The smallest absolute Gasteiger partial charge is 0.262 e. The van der Waals surface area contributed by atoms with Crippen LogP contribution in [0, 0.1) is 0 Å². The number of piperidine rings is 1. The van der Waals surface area contributed by atoms with E-state index in [0.29, 0.717) is 51.9 Å². The highest BCUT2D eigenvalue weighted by atomic mass is 16.5. The highest BCUT2D eigenvalue weighted by Crippen LogP contribution is 2.29. The zero-order valence-corrected chi connectivity index (χ0v) is 19.9. The van der Waals surface area contributed by atoms with Gasteiger partial charge < -0.3 is 19.5 Å². The predicted molar refractivity (Wildman–Crippen MR) is 129 cm³/mol. The molecule has 1 unspecified atom stereocenters. The van der Waals surface area contributed by atoms with E-state index in [9.17, 15) is 19.2 Å². The van der Waals surface area contributed by atoms with E-state index in [4.69, 9.17) is 14.2 Å². The number of amides is 4. The van der Waals surface area contributed by atoms with E-state index in [1.54, 1.807) is 18.2 Å². The van der Waals surface area contributed by atoms with Gasteiger partial charge in [-0.1, -0.05) is 30.3 Å². The summed E-state index contributed by atoms with van der Waals surface area (Å²) < 4.78 is 16.6. The molecule has 4 rings (SSSR count). The van der Waals surface area contributed by atoms with Gasteiger partial charge in [-0.25, -0.2) is 0 Å². The van der Waals surface area contributed by atoms with E-state index in [0.717, 1.165) is 10.5 Å². The number of benzene rings is 2. The van der Waals surface area contributed by atoms with Crippen molar-refractivity contribution in [1.29, 1.82) is 0 Å². The summed E-state index contributed by atoms with van der Waals surface area (Å²) >= 11 is 0. The van der Waals surface area contributed by atoms with Gasteiger partial charge in [0.25, 0.3) is 11.8 Å². The van der Waals surface area contributed by atoms with Crippen molar-refractivity contribution in [2.24, 2.45) is 0 Å². The number of carbonyl (C=O) groups excluding carboxylic acids is 4. The topological polar surface area (TPSA) is 123 Å². The summed E-state index contributed by atoms with van der Waals surface area (Å²) in [5.74, 6) is -2.08. The third-order valence-corrected chi connectivity index (χ3v) is 5.87. The van der Waals surface area contributed by atoms with E-state index in [-0.39, 0.29) is 24.0 Å². The molecule has 4 amide bonds. The fourth-order valence-corrected chi connectivity index (χ4v) is 4.05. The summed E-state index contributed by atoms with van der Waals surface area (Å²) in [6.45, 7) is 3.39. The van der Waals surface area contributed by atoms with E-state index < -0.39 is 29.7 Å². The van der Waals surface area contributed by atoms with Crippen molar-refractivity contribution < 1.29 is 33.4 Å². The molecule has 1 fully saturated rings. The summed E-state index contributed by atoms with van der Waals surface area (Å²) in [6.07, 6.45) is 0.215. The van der Waals surface area contributed by atoms with Gasteiger partial charge in [-0.3, -0.25) is 29.4 Å². The number of hydrogen-bond acceptors (Lipinski definition) is 8. The predicted octanol–water partition coefficient (Wildman–Crippen LogP) is 1.75. The average molecular weight is 496 g/mol. The molecule has 0 aliphatic carbocycles. The first-order valence-corrected chi connectivity index (χ1v) is 11.9. The highest BCUT2D eigenvalue weighted by molar-refractivity contribution is 6.23. The molecule has 2 N–H and O–H groups in total. The number of imide groups is 2. The molecule has 36 heavy (non-hydrogen) atoms. The van der Waals surface area contributed by atoms with Gasteiger partial charge in [0.2, 0.25) is 11.8 Å². The molecule has 2 aliphatic heterocycles. The zero-order chi connectivity index (χ0) is 25.3. The zero-order valence-electron chi connectivity index (χ0n) is 19.9. The Labute approximate surface area is 208 Å². The number of anilines is 1. The van der Waals surface area contributed by atoms with Crippen LogP contribution in [0.2, 0.25) is 0 Å². The molecule has 0 spiro atoms. The average Bonchev–Trinajstić information content (AvgIpc) is 3.12. The summed E-state index contributed by atoms with van der Waals surface area (Å²) in [7, 11) is 0. The quantitative estimate of drug-likeness (QED) is 0.318. The van der Waals surface area contributed by atoms with Crippen molar-refractivity contribution in [1.82, 2.24) is 10.2 Å². The van der Waals surface area contributed by atoms with Gasteiger partial charge in [0, 0.05) is 18.7 Å². The lowest BCUT2D eigenvalue weighted by Gasteiger charge is -2.27. The van der Waals surface area contributed by atoms with Crippen LogP contribution in [0.4, 0.5) is 5.69 Å². The second kappa shape index (κ2) is 12.4. The molecule has 1 atom stereocenters. The Morgan fingerprint density at radius 3 is 2.28 bits per heavy atom. The van der Waals surface area contributed by atoms with E-state index in [2.05, 4.69) is 10.6 Å². The van der Waals surface area contributed by atoms with Crippen LogP contribution < -0.4 is 10.6 Å². The number of fused-ring (bicyclic) bond motifs is 1. The van der Waals surface area contributed by atoms with Gasteiger partial charge in [0.05, 0.1) is 50.8 Å². The van der Waals surface area contributed by atoms with Gasteiger partial charge in [0.15, 0.2) is 0 Å². The number of hydrogen-bond donors (Lipinski definition) is 2. The van der Waals surface area contributed by atoms with Crippen LogP contribution in [0.1, 0.15) is 39.1 Å². The van der Waals surface area contributed by atoms with Gasteiger partial charge in [0.1, 0.15) is 6.04 Å². The molecule has 2 aliphatic rings. The Morgan fingerprint density at radius 1 is 0.833 bits per heavy atom. The fraction of sp³-hybridized carbons (Fsp3) is 0.385. The van der Waals surface area contributed by atoms with Crippen molar-refractivity contribution in [3.05, 3.63) is 65.2 Å². The first kappa shape index (κ1) is 25.5. The normalized spacial score (nSPS) is 17.3. The Hall–Kier alpha value is -3.60. The van der Waals surface area contributed by atoms with Crippen LogP contribution in [0.5, 0.6) is 0 Å². The minimum atomic E-state index is -0.974. The standard InChI is InChI=1S/C26H29N3O7/c30-23-9-8-22(24(31)28-23)29-25(32)20-7-6-19(16-21(20)26(29)33)27-10-11-34-12-13-35-14-15-36-17-18-4-2-1-3-5-18/h1-7,16,22,27H,8-15,17H2,(H,28,30,31). The SMILES string of the molecule is O=C1CCC(N2C(=O)c3ccc(NCCOCCOCCOCc4ccccc4)cc3C2=O)C(=O)N1. The molecule has 190 valence electrons. The third-order valence-electron chi connectivity index (χ3n) is 5.87. The van der Waals surface area contributed by atoms with Crippen molar-refractivity contribution in [3.63, 3.8) is 0 Å². The monoisotopic (exact) mass is 495 g/mol. The summed E-state index contributed by atoms with van der Waals surface area (Å²) in [5.41, 5.74) is 2.27. The molecule has 2 aromatic carbocycles. The number of nitrogens with one attached hydrogen (secondary N) is 2. The number of nitrogens with zero attached hydrogens (tertiary/aromatic N) is 1. The largest absolute Gasteiger partial charge is 0.383 e. The van der Waals surface area contributed by atoms with Crippen LogP contribution in [-0.4, -0.2) is 74.1 Å². The molecular formula is C26H29N3O7. The van der Waals surface area contributed by atoms with E-state index in [1.165, 1.54) is 0 Å². The summed E-state index contributed by atoms with van der Waals surface area (Å²) in [4.78, 5) is 50.1. The number of ether oxygens (including phenoxy) is 3. The van der Waals surface area contributed by atoms with Gasteiger partial charge in [-0.05, 0) is 30.2 Å². The van der Waals surface area contributed by atoms with Gasteiger partial charge >= 0.3 is 0 Å². The van der Waals surface area contributed by atoms with Crippen LogP contribution >= 0.6 is 0 Å². The van der Waals surface area contributed by atoms with Crippen molar-refractivity contribution in [3.8, 4) is 0 Å². The van der Waals surface area contributed by atoms with Crippen molar-refractivity contribution in [2.45, 2.75) is 25.5 Å². The minimum absolute atomic E-state index is 0.0870. The molecule has 0 radical (unpaired) electrons. The van der Waals surface area contributed by atoms with Gasteiger partial charge in [-0.2, -0.15) is 0 Å². The molecule has 10 heteroatoms. The van der Waals surface area contributed by atoms with Crippen LogP contribution in [0.25, 0.3) is 0 Å². The fourth-order valence-electron chi connectivity index (χ4n) is 4.05. The lowest BCUT2D eigenvalue weighted by Crippen LogP contribution is -2.54. The van der Waals surface area contributed by atoms with E-state index in [1.807, 2.05) is 30.3 Å². The lowest BCUT2D eigenvalue weighted by molar-refractivity contribution is -0.136.